The van der Waals surface area contributed by atoms with Gasteiger partial charge in [0.2, 0.25) is 0 Å². The molecule has 0 amide bonds. The van der Waals surface area contributed by atoms with Crippen LogP contribution in [0.1, 0.15) is 85.0 Å². The molecule has 4 rings (SSSR count). The highest BCUT2D eigenvalue weighted by Crippen LogP contribution is 2.68. The molecule has 0 heterocycles. The van der Waals surface area contributed by atoms with Crippen LogP contribution < -0.4 is 0 Å². The molecule has 6 heteroatoms. The van der Waals surface area contributed by atoms with Gasteiger partial charge in [-0.2, -0.15) is 0 Å². The second-order valence-corrected chi connectivity index (χ2v) is 13.4. The smallest absolute Gasteiger partial charge is 0.0945 e. The highest BCUT2D eigenvalue weighted by molar-refractivity contribution is 7.85. The zero-order chi connectivity index (χ0) is 21.9. The van der Waals surface area contributed by atoms with Gasteiger partial charge in [0.1, 0.15) is 0 Å². The molecule has 2 N–H and O–H groups in total. The van der Waals surface area contributed by atoms with E-state index in [2.05, 4.69) is 20.8 Å². The van der Waals surface area contributed by atoms with E-state index in [9.17, 15) is 23.2 Å². The van der Waals surface area contributed by atoms with Gasteiger partial charge in [0.25, 0.3) is 0 Å². The summed E-state index contributed by atoms with van der Waals surface area (Å²) in [4.78, 5) is 0. The summed E-state index contributed by atoms with van der Waals surface area (Å²) in [5.74, 6) is 2.59. The Hall–Kier alpha value is -0.170. The molecule has 0 aromatic rings. The largest absolute Gasteiger partial charge is 0.748 e. The number of hydrogen-bond acceptors (Lipinski definition) is 5. The molecule has 0 bridgehead atoms. The van der Waals surface area contributed by atoms with Gasteiger partial charge in [0, 0.05) is 5.75 Å². The van der Waals surface area contributed by atoms with Crippen LogP contribution in [0.2, 0.25) is 0 Å². The van der Waals surface area contributed by atoms with E-state index >= 15 is 0 Å². The first-order valence-corrected chi connectivity index (χ1v) is 13.8. The molecule has 4 aliphatic rings. The first-order chi connectivity index (χ1) is 14.0. The molecule has 0 aliphatic heterocycles. The monoisotopic (exact) mass is 441 g/mol. The molecule has 0 aromatic carbocycles. The summed E-state index contributed by atoms with van der Waals surface area (Å²) in [5, 5.41) is 21.5. The van der Waals surface area contributed by atoms with E-state index in [1.54, 1.807) is 0 Å². The van der Waals surface area contributed by atoms with Crippen molar-refractivity contribution in [2.75, 3.05) is 5.75 Å². The second-order valence-electron chi connectivity index (χ2n) is 11.8. The molecule has 0 radical (unpaired) electrons. The van der Waals surface area contributed by atoms with Crippen molar-refractivity contribution in [2.24, 2.45) is 46.3 Å². The Morgan fingerprint density at radius 1 is 1.00 bits per heavy atom. The minimum absolute atomic E-state index is 0.199. The van der Waals surface area contributed by atoms with Crippen molar-refractivity contribution in [3.05, 3.63) is 0 Å². The summed E-state index contributed by atoms with van der Waals surface area (Å²) in [6.07, 6.45) is 9.12. The second kappa shape index (κ2) is 8.00. The average Bonchev–Trinajstić information content (AvgIpc) is 2.99. The number of rotatable bonds is 5. The number of hydrogen-bond donors (Lipinski definition) is 2. The van der Waals surface area contributed by atoms with E-state index in [1.165, 1.54) is 6.42 Å². The van der Waals surface area contributed by atoms with Gasteiger partial charge in [0.15, 0.2) is 0 Å². The minimum atomic E-state index is -4.13. The molecule has 4 fully saturated rings. The lowest BCUT2D eigenvalue weighted by molar-refractivity contribution is -0.174. The van der Waals surface area contributed by atoms with Crippen LogP contribution in [0, 0.1) is 46.3 Å². The van der Waals surface area contributed by atoms with Crippen LogP contribution in [0.4, 0.5) is 0 Å². The van der Waals surface area contributed by atoms with Crippen LogP contribution in [0.25, 0.3) is 0 Å². The fourth-order valence-corrected chi connectivity index (χ4v) is 9.48. The molecule has 10 atom stereocenters. The van der Waals surface area contributed by atoms with Gasteiger partial charge >= 0.3 is 0 Å². The normalized spacial score (nSPS) is 49.7. The summed E-state index contributed by atoms with van der Waals surface area (Å²) >= 11 is 0. The Morgan fingerprint density at radius 3 is 2.37 bits per heavy atom. The Morgan fingerprint density at radius 2 is 1.67 bits per heavy atom. The third kappa shape index (κ3) is 3.88. The summed E-state index contributed by atoms with van der Waals surface area (Å²) in [6, 6.07) is 0. The van der Waals surface area contributed by atoms with Gasteiger partial charge in [-0.25, -0.2) is 8.42 Å². The Kier molecular flexibility index (Phi) is 6.13. The molecule has 30 heavy (non-hydrogen) atoms. The third-order valence-electron chi connectivity index (χ3n) is 10.5. The SMILES string of the molecule is C[C@H](CCCS(=O)(=O)[O-])[C@H]1CC[C@H]2[C@@H]3[C@@H](O)C[C@@H]4C[C@H](O)CC[C@]4(C)[C@H]3CC[C@]12C. The van der Waals surface area contributed by atoms with E-state index in [4.69, 9.17) is 0 Å². The van der Waals surface area contributed by atoms with Crippen molar-refractivity contribution >= 4 is 10.1 Å². The Balaban J connectivity index is 1.50. The molecule has 174 valence electrons. The molecular formula is C24H41O5S-. The molecule has 0 saturated heterocycles. The molecular weight excluding hydrogens is 400 g/mol. The van der Waals surface area contributed by atoms with Crippen LogP contribution in [-0.4, -0.2) is 41.1 Å². The van der Waals surface area contributed by atoms with E-state index in [-0.39, 0.29) is 28.8 Å². The van der Waals surface area contributed by atoms with Crippen molar-refractivity contribution in [3.63, 3.8) is 0 Å². The maximum atomic E-state index is 11.3. The maximum Gasteiger partial charge on any atom is 0.0945 e. The van der Waals surface area contributed by atoms with Gasteiger partial charge in [-0.1, -0.05) is 20.8 Å². The lowest BCUT2D eigenvalue weighted by Crippen LogP contribution is -2.58. The molecule has 4 saturated carbocycles. The van der Waals surface area contributed by atoms with E-state index in [0.717, 1.165) is 51.4 Å². The lowest BCUT2D eigenvalue weighted by atomic mass is 9.43. The Bertz CT molecular complexity index is 738. The van der Waals surface area contributed by atoms with Gasteiger partial charge in [0.05, 0.1) is 22.3 Å². The highest BCUT2D eigenvalue weighted by atomic mass is 32.2. The summed E-state index contributed by atoms with van der Waals surface area (Å²) in [6.45, 7) is 7.10. The van der Waals surface area contributed by atoms with Gasteiger partial charge in [-0.05, 0) is 111 Å². The first kappa shape index (κ1) is 23.0. The third-order valence-corrected chi connectivity index (χ3v) is 11.3. The zero-order valence-electron chi connectivity index (χ0n) is 18.9. The van der Waals surface area contributed by atoms with Crippen molar-refractivity contribution in [1.82, 2.24) is 0 Å². The van der Waals surface area contributed by atoms with Gasteiger partial charge in [-0.3, -0.25) is 0 Å². The van der Waals surface area contributed by atoms with Crippen LogP contribution >= 0.6 is 0 Å². The average molecular weight is 442 g/mol. The molecule has 0 aromatic heterocycles. The van der Waals surface area contributed by atoms with Gasteiger partial charge < -0.3 is 14.8 Å². The van der Waals surface area contributed by atoms with Crippen molar-refractivity contribution < 1.29 is 23.2 Å². The minimum Gasteiger partial charge on any atom is -0.748 e. The topological polar surface area (TPSA) is 97.7 Å². The zero-order valence-corrected chi connectivity index (χ0v) is 19.7. The van der Waals surface area contributed by atoms with E-state index < -0.39 is 10.1 Å². The van der Waals surface area contributed by atoms with Crippen LogP contribution in [0.15, 0.2) is 0 Å². The molecule has 5 nitrogen and oxygen atoms in total. The summed E-state index contributed by atoms with van der Waals surface area (Å²) < 4.78 is 33.0. The predicted octanol–water partition coefficient (Wildman–Crippen LogP) is 3.94. The van der Waals surface area contributed by atoms with Crippen LogP contribution in [-0.2, 0) is 10.1 Å². The summed E-state index contributed by atoms with van der Waals surface area (Å²) in [7, 11) is -4.13. The highest BCUT2D eigenvalue weighted by Gasteiger charge is 2.62. The fraction of sp³-hybridized carbons (Fsp3) is 1.00. The molecule has 0 spiro atoms. The standard InChI is InChI=1S/C24H42O5S/c1-15(5-4-12-30(27,28)29)18-6-7-19-22-20(9-11-24(18,19)3)23(2)10-8-17(25)13-16(23)14-21(22)26/h15-22,25-26H,4-14H2,1-3H3,(H,27,28,29)/p-1/t15-,16+,17-,18-,19+,20+,21+,22+,23+,24-/m1/s1. The number of fused-ring (bicyclic) bond motifs is 5. The number of aliphatic hydroxyl groups is 2. The van der Waals surface area contributed by atoms with Crippen molar-refractivity contribution in [2.45, 2.75) is 97.2 Å². The van der Waals surface area contributed by atoms with E-state index in [1.807, 2.05) is 0 Å². The molecule has 0 unspecified atom stereocenters. The van der Waals surface area contributed by atoms with E-state index in [0.29, 0.717) is 41.9 Å². The van der Waals surface area contributed by atoms with Gasteiger partial charge in [-0.15, -0.1) is 0 Å². The van der Waals surface area contributed by atoms with Crippen LogP contribution in [0.5, 0.6) is 0 Å². The first-order valence-electron chi connectivity index (χ1n) is 12.3. The fourth-order valence-electron chi connectivity index (χ4n) is 8.96. The predicted molar refractivity (Wildman–Crippen MR) is 116 cm³/mol. The number of aliphatic hydroxyl groups excluding tert-OH is 2. The lowest BCUT2D eigenvalue weighted by Gasteiger charge is -2.62. The quantitative estimate of drug-likeness (QED) is 0.630. The van der Waals surface area contributed by atoms with Crippen molar-refractivity contribution in [3.8, 4) is 0 Å². The maximum absolute atomic E-state index is 11.3. The Labute approximate surface area is 182 Å². The summed E-state index contributed by atoms with van der Waals surface area (Å²) in [5.41, 5.74) is 0.450. The van der Waals surface area contributed by atoms with Crippen molar-refractivity contribution in [1.29, 1.82) is 0 Å². The van der Waals surface area contributed by atoms with Crippen LogP contribution in [0.3, 0.4) is 0 Å². The molecule has 4 aliphatic carbocycles.